The van der Waals surface area contributed by atoms with Crippen LogP contribution in [-0.4, -0.2) is 18.0 Å². The van der Waals surface area contributed by atoms with E-state index in [-0.39, 0.29) is 11.9 Å². The zero-order chi connectivity index (χ0) is 13.4. The fourth-order valence-corrected chi connectivity index (χ4v) is 1.73. The molecule has 0 saturated heterocycles. The minimum atomic E-state index is -0.555. The van der Waals surface area contributed by atoms with Gasteiger partial charge < -0.3 is 11.1 Å². The van der Waals surface area contributed by atoms with Gasteiger partial charge in [0.2, 0.25) is 5.91 Å². The molecular formula is C15H20N2O. The lowest BCUT2D eigenvalue weighted by Crippen LogP contribution is -2.46. The summed E-state index contributed by atoms with van der Waals surface area (Å²) in [6.07, 6.45) is 7.59. The number of amides is 1. The summed E-state index contributed by atoms with van der Waals surface area (Å²) in [4.78, 5) is 11.9. The van der Waals surface area contributed by atoms with Gasteiger partial charge in [0.25, 0.3) is 0 Å². The van der Waals surface area contributed by atoms with Crippen LogP contribution in [0.1, 0.15) is 25.3 Å². The number of nitrogens with one attached hydrogen (secondary N) is 1. The van der Waals surface area contributed by atoms with Crippen LogP contribution in [0.3, 0.4) is 0 Å². The molecule has 96 valence electrons. The van der Waals surface area contributed by atoms with Gasteiger partial charge in [0.1, 0.15) is 0 Å². The van der Waals surface area contributed by atoms with Gasteiger partial charge in [-0.2, -0.15) is 0 Å². The van der Waals surface area contributed by atoms with Gasteiger partial charge in [-0.15, -0.1) is 6.42 Å². The predicted molar refractivity (Wildman–Crippen MR) is 73.8 cm³/mol. The number of nitrogens with two attached hydrogens (primary N) is 1. The third-order valence-corrected chi connectivity index (χ3v) is 2.73. The summed E-state index contributed by atoms with van der Waals surface area (Å²) in [6, 6.07) is 8.94. The summed E-state index contributed by atoms with van der Waals surface area (Å²) in [5.41, 5.74) is 6.92. The first-order chi connectivity index (χ1) is 8.67. The molecule has 1 aromatic carbocycles. The number of hydrogen-bond acceptors (Lipinski definition) is 2. The van der Waals surface area contributed by atoms with Gasteiger partial charge in [-0.05, 0) is 18.4 Å². The molecule has 1 rings (SSSR count). The molecule has 0 aliphatic carbocycles. The maximum Gasteiger partial charge on any atom is 0.238 e. The minimum absolute atomic E-state index is 0.185. The lowest BCUT2D eigenvalue weighted by Gasteiger charge is -2.16. The van der Waals surface area contributed by atoms with Crippen LogP contribution in [0.2, 0.25) is 0 Å². The zero-order valence-electron chi connectivity index (χ0n) is 10.7. The highest BCUT2D eigenvalue weighted by molar-refractivity contribution is 5.82. The van der Waals surface area contributed by atoms with Crippen molar-refractivity contribution >= 4 is 5.91 Å². The van der Waals surface area contributed by atoms with Crippen molar-refractivity contribution in [3.8, 4) is 12.3 Å². The van der Waals surface area contributed by atoms with Gasteiger partial charge in [-0.25, -0.2) is 0 Å². The van der Waals surface area contributed by atoms with Crippen molar-refractivity contribution in [3.63, 3.8) is 0 Å². The number of terminal acetylenes is 1. The summed E-state index contributed by atoms with van der Waals surface area (Å²) < 4.78 is 0. The van der Waals surface area contributed by atoms with E-state index in [1.807, 2.05) is 37.3 Å². The maximum atomic E-state index is 11.9. The SMILES string of the molecule is C#CC(CCC)NC(=O)C(N)Cc1ccccc1. The van der Waals surface area contributed by atoms with Gasteiger partial charge in [0, 0.05) is 0 Å². The number of carbonyl (C=O) groups excluding carboxylic acids is 1. The van der Waals surface area contributed by atoms with Gasteiger partial charge in [0.15, 0.2) is 0 Å². The normalized spacial score (nSPS) is 13.4. The number of benzene rings is 1. The van der Waals surface area contributed by atoms with Crippen LogP contribution in [0.5, 0.6) is 0 Å². The third kappa shape index (κ3) is 4.60. The fourth-order valence-electron chi connectivity index (χ4n) is 1.73. The van der Waals surface area contributed by atoms with E-state index in [0.29, 0.717) is 6.42 Å². The van der Waals surface area contributed by atoms with Gasteiger partial charge in [-0.3, -0.25) is 4.79 Å². The number of carbonyl (C=O) groups is 1. The molecule has 0 spiro atoms. The molecule has 1 aromatic rings. The van der Waals surface area contributed by atoms with E-state index in [4.69, 9.17) is 12.2 Å². The van der Waals surface area contributed by atoms with Crippen LogP contribution in [0.25, 0.3) is 0 Å². The van der Waals surface area contributed by atoms with Gasteiger partial charge in [0.05, 0.1) is 12.1 Å². The van der Waals surface area contributed by atoms with Crippen molar-refractivity contribution in [2.24, 2.45) is 5.73 Å². The van der Waals surface area contributed by atoms with E-state index in [1.54, 1.807) is 0 Å². The number of hydrogen-bond donors (Lipinski definition) is 2. The monoisotopic (exact) mass is 244 g/mol. The van der Waals surface area contributed by atoms with Gasteiger partial charge >= 0.3 is 0 Å². The topological polar surface area (TPSA) is 55.1 Å². The first-order valence-corrected chi connectivity index (χ1v) is 6.23. The molecule has 0 heterocycles. The largest absolute Gasteiger partial charge is 0.341 e. The molecule has 2 atom stereocenters. The third-order valence-electron chi connectivity index (χ3n) is 2.73. The maximum absolute atomic E-state index is 11.9. The standard InChI is InChI=1S/C15H20N2O/c1-3-8-13(4-2)17-15(18)14(16)11-12-9-6-5-7-10-12/h2,5-7,9-10,13-14H,3,8,11,16H2,1H3,(H,17,18). The van der Waals surface area contributed by atoms with Crippen LogP contribution in [0.4, 0.5) is 0 Å². The van der Waals surface area contributed by atoms with Crippen LogP contribution >= 0.6 is 0 Å². The summed E-state index contributed by atoms with van der Waals surface area (Å²) in [7, 11) is 0. The molecule has 2 unspecified atom stereocenters. The van der Waals surface area contributed by atoms with E-state index in [2.05, 4.69) is 11.2 Å². The molecule has 0 aromatic heterocycles. The highest BCUT2D eigenvalue weighted by Gasteiger charge is 2.16. The molecule has 3 nitrogen and oxygen atoms in total. The van der Waals surface area contributed by atoms with Crippen LogP contribution in [0.15, 0.2) is 30.3 Å². The Labute approximate surface area is 109 Å². The molecule has 3 heteroatoms. The van der Waals surface area contributed by atoms with E-state index < -0.39 is 6.04 Å². The van der Waals surface area contributed by atoms with Crippen LogP contribution < -0.4 is 11.1 Å². The Bertz CT molecular complexity index is 408. The molecule has 0 aliphatic heterocycles. The average Bonchev–Trinajstić information content (AvgIpc) is 2.39. The second-order valence-electron chi connectivity index (χ2n) is 4.31. The van der Waals surface area contributed by atoms with Crippen LogP contribution in [-0.2, 0) is 11.2 Å². The minimum Gasteiger partial charge on any atom is -0.341 e. The lowest BCUT2D eigenvalue weighted by molar-refractivity contribution is -0.122. The molecule has 1 amide bonds. The summed E-state index contributed by atoms with van der Waals surface area (Å²) in [6.45, 7) is 2.03. The van der Waals surface area contributed by atoms with Crippen molar-refractivity contribution < 1.29 is 4.79 Å². The van der Waals surface area contributed by atoms with E-state index >= 15 is 0 Å². The first kappa shape index (κ1) is 14.3. The Morgan fingerprint density at radius 3 is 2.67 bits per heavy atom. The molecule has 3 N–H and O–H groups in total. The summed E-state index contributed by atoms with van der Waals surface area (Å²) in [5, 5.41) is 2.79. The summed E-state index contributed by atoms with van der Waals surface area (Å²) >= 11 is 0. The molecule has 0 aliphatic rings. The lowest BCUT2D eigenvalue weighted by atomic mass is 10.1. The van der Waals surface area contributed by atoms with Crippen molar-refractivity contribution in [2.75, 3.05) is 0 Å². The molecular weight excluding hydrogens is 224 g/mol. The van der Waals surface area contributed by atoms with Crippen molar-refractivity contribution in [2.45, 2.75) is 38.3 Å². The van der Waals surface area contributed by atoms with Crippen LogP contribution in [0, 0.1) is 12.3 Å². The predicted octanol–water partition coefficient (Wildman–Crippen LogP) is 1.47. The first-order valence-electron chi connectivity index (χ1n) is 6.23. The number of rotatable bonds is 6. The molecule has 18 heavy (non-hydrogen) atoms. The van der Waals surface area contributed by atoms with Crippen molar-refractivity contribution in [1.29, 1.82) is 0 Å². The second-order valence-corrected chi connectivity index (χ2v) is 4.31. The quantitative estimate of drug-likeness (QED) is 0.745. The van der Waals surface area contributed by atoms with Gasteiger partial charge in [-0.1, -0.05) is 49.6 Å². The molecule has 0 fully saturated rings. The highest BCUT2D eigenvalue weighted by atomic mass is 16.2. The average molecular weight is 244 g/mol. The smallest absolute Gasteiger partial charge is 0.238 e. The second kappa shape index (κ2) is 7.52. The Kier molecular flexibility index (Phi) is 5.96. The van der Waals surface area contributed by atoms with E-state index in [0.717, 1.165) is 18.4 Å². The molecule has 0 saturated carbocycles. The van der Waals surface area contributed by atoms with Crippen molar-refractivity contribution in [3.05, 3.63) is 35.9 Å². The van der Waals surface area contributed by atoms with E-state index in [9.17, 15) is 4.79 Å². The Morgan fingerprint density at radius 1 is 1.44 bits per heavy atom. The fraction of sp³-hybridized carbons (Fsp3) is 0.400. The molecule has 0 radical (unpaired) electrons. The van der Waals surface area contributed by atoms with E-state index in [1.165, 1.54) is 0 Å². The highest BCUT2D eigenvalue weighted by Crippen LogP contribution is 2.03. The van der Waals surface area contributed by atoms with Crippen molar-refractivity contribution in [1.82, 2.24) is 5.32 Å². The molecule has 0 bridgehead atoms. The Hall–Kier alpha value is -1.79. The Morgan fingerprint density at radius 2 is 2.11 bits per heavy atom. The zero-order valence-corrected chi connectivity index (χ0v) is 10.7. The summed E-state index contributed by atoms with van der Waals surface area (Å²) in [5.74, 6) is 2.38. The Balaban J connectivity index is 2.49.